The number of hydrogen-bond acceptors (Lipinski definition) is 3. The predicted octanol–water partition coefficient (Wildman–Crippen LogP) is 3.38. The van der Waals surface area contributed by atoms with E-state index in [4.69, 9.17) is 0 Å². The Morgan fingerprint density at radius 1 is 0.923 bits per heavy atom. The van der Waals surface area contributed by atoms with Gasteiger partial charge in [-0.25, -0.2) is 9.50 Å². The van der Waals surface area contributed by atoms with Gasteiger partial charge in [0.2, 0.25) is 0 Å². The topological polar surface area (TPSA) is 59.3 Å². The normalized spacial score (nSPS) is 10.2. The van der Waals surface area contributed by atoms with Crippen LogP contribution in [0, 0.1) is 11.8 Å². The number of nitrogens with one attached hydrogen (secondary N) is 1. The van der Waals surface area contributed by atoms with Crippen LogP contribution in [-0.4, -0.2) is 20.5 Å². The summed E-state index contributed by atoms with van der Waals surface area (Å²) in [6.07, 6.45) is 3.43. The van der Waals surface area contributed by atoms with E-state index in [-0.39, 0.29) is 5.91 Å². The van der Waals surface area contributed by atoms with Crippen molar-refractivity contribution < 1.29 is 4.79 Å². The van der Waals surface area contributed by atoms with E-state index in [1.807, 2.05) is 60.7 Å². The van der Waals surface area contributed by atoms with Crippen molar-refractivity contribution in [3.05, 3.63) is 95.9 Å². The first-order chi connectivity index (χ1) is 12.8. The largest absolute Gasteiger partial charge is 0.321 e. The summed E-state index contributed by atoms with van der Waals surface area (Å²) in [6, 6.07) is 20.6. The number of rotatable bonds is 2. The Kier molecular flexibility index (Phi) is 4.15. The van der Waals surface area contributed by atoms with Crippen molar-refractivity contribution in [2.45, 2.75) is 0 Å². The van der Waals surface area contributed by atoms with Crippen LogP contribution < -0.4 is 5.32 Å². The van der Waals surface area contributed by atoms with Gasteiger partial charge in [-0.3, -0.25) is 4.79 Å². The summed E-state index contributed by atoms with van der Waals surface area (Å²) in [6.45, 7) is 0. The van der Waals surface area contributed by atoms with Crippen LogP contribution in [0.3, 0.4) is 0 Å². The number of hydrogen-bond donors (Lipinski definition) is 1. The molecule has 2 aromatic heterocycles. The Hall–Kier alpha value is -3.91. The average Bonchev–Trinajstić information content (AvgIpc) is 3.11. The minimum absolute atomic E-state index is 0.279. The summed E-state index contributed by atoms with van der Waals surface area (Å²) < 4.78 is 1.56. The van der Waals surface area contributed by atoms with Gasteiger partial charge < -0.3 is 5.32 Å². The van der Waals surface area contributed by atoms with Crippen LogP contribution in [0.5, 0.6) is 0 Å². The van der Waals surface area contributed by atoms with E-state index in [2.05, 4.69) is 27.2 Å². The summed E-state index contributed by atoms with van der Waals surface area (Å²) in [4.78, 5) is 16.7. The molecule has 5 heteroatoms. The van der Waals surface area contributed by atoms with Crippen molar-refractivity contribution in [3.8, 4) is 11.8 Å². The van der Waals surface area contributed by atoms with Gasteiger partial charge in [0.15, 0.2) is 11.3 Å². The molecular formula is C21H14N4O. The molecule has 0 aliphatic heterocycles. The average molecular weight is 338 g/mol. The van der Waals surface area contributed by atoms with E-state index < -0.39 is 0 Å². The molecule has 0 aliphatic carbocycles. The summed E-state index contributed by atoms with van der Waals surface area (Å²) in [5.74, 6) is 5.86. The first-order valence-corrected chi connectivity index (χ1v) is 8.07. The zero-order valence-electron chi connectivity index (χ0n) is 13.8. The van der Waals surface area contributed by atoms with Gasteiger partial charge in [-0.2, -0.15) is 5.10 Å². The molecule has 4 aromatic rings. The van der Waals surface area contributed by atoms with E-state index in [9.17, 15) is 4.79 Å². The lowest BCUT2D eigenvalue weighted by molar-refractivity contribution is 0.102. The van der Waals surface area contributed by atoms with Gasteiger partial charge in [0.25, 0.3) is 5.91 Å². The van der Waals surface area contributed by atoms with E-state index in [1.165, 1.54) is 0 Å². The number of carbonyl (C=O) groups excluding carboxylic acids is 1. The predicted molar refractivity (Wildman–Crippen MR) is 99.8 cm³/mol. The lowest BCUT2D eigenvalue weighted by Crippen LogP contribution is -2.12. The standard InChI is InChI=1S/C21H14N4O/c26-21(23-18-9-5-2-6-10-18)19-13-20-22-14-17(15-25(20)24-19)12-11-16-7-3-1-4-8-16/h1-10,13-15H,(H,23,26). The van der Waals surface area contributed by atoms with Crippen LogP contribution in [0.2, 0.25) is 0 Å². The van der Waals surface area contributed by atoms with Crippen LogP contribution in [0.15, 0.2) is 79.1 Å². The van der Waals surface area contributed by atoms with Crippen LogP contribution >= 0.6 is 0 Å². The molecule has 1 amide bonds. The van der Waals surface area contributed by atoms with E-state index in [0.717, 1.165) is 16.8 Å². The van der Waals surface area contributed by atoms with Gasteiger partial charge in [-0.05, 0) is 24.3 Å². The monoisotopic (exact) mass is 338 g/mol. The van der Waals surface area contributed by atoms with Crippen LogP contribution in [0.4, 0.5) is 5.69 Å². The van der Waals surface area contributed by atoms with Gasteiger partial charge in [-0.15, -0.1) is 0 Å². The number of anilines is 1. The molecule has 26 heavy (non-hydrogen) atoms. The maximum absolute atomic E-state index is 12.3. The molecule has 0 spiro atoms. The molecule has 0 radical (unpaired) electrons. The van der Waals surface area contributed by atoms with Gasteiger partial charge in [-0.1, -0.05) is 48.2 Å². The summed E-state index contributed by atoms with van der Waals surface area (Å²) in [7, 11) is 0. The third-order valence-corrected chi connectivity index (χ3v) is 3.70. The third-order valence-electron chi connectivity index (χ3n) is 3.70. The maximum atomic E-state index is 12.3. The van der Waals surface area contributed by atoms with Crippen molar-refractivity contribution in [2.75, 3.05) is 5.32 Å². The second-order valence-electron chi connectivity index (χ2n) is 5.61. The SMILES string of the molecule is O=C(Nc1ccccc1)c1cc2ncc(C#Cc3ccccc3)cn2n1. The van der Waals surface area contributed by atoms with Crippen LogP contribution in [-0.2, 0) is 0 Å². The van der Waals surface area contributed by atoms with Crippen molar-refractivity contribution in [3.63, 3.8) is 0 Å². The Morgan fingerprint density at radius 3 is 2.38 bits per heavy atom. The molecule has 2 aromatic carbocycles. The van der Waals surface area contributed by atoms with Gasteiger partial charge >= 0.3 is 0 Å². The zero-order valence-corrected chi connectivity index (χ0v) is 13.8. The molecule has 5 nitrogen and oxygen atoms in total. The Balaban J connectivity index is 1.58. The highest BCUT2D eigenvalue weighted by Crippen LogP contribution is 2.10. The lowest BCUT2D eigenvalue weighted by atomic mass is 10.2. The molecule has 1 N–H and O–H groups in total. The molecule has 124 valence electrons. The van der Waals surface area contributed by atoms with Gasteiger partial charge in [0.05, 0.1) is 5.56 Å². The summed E-state index contributed by atoms with van der Waals surface area (Å²) in [5, 5.41) is 7.11. The quantitative estimate of drug-likeness (QED) is 0.570. The molecule has 0 fully saturated rings. The summed E-state index contributed by atoms with van der Waals surface area (Å²) in [5.41, 5.74) is 3.26. The molecule has 0 bridgehead atoms. The van der Waals surface area contributed by atoms with Crippen LogP contribution in [0.1, 0.15) is 21.6 Å². The number of amides is 1. The fourth-order valence-corrected chi connectivity index (χ4v) is 2.43. The third kappa shape index (κ3) is 3.45. The van der Waals surface area contributed by atoms with Gasteiger partial charge in [0, 0.05) is 29.7 Å². The molecule has 0 unspecified atom stereocenters. The fraction of sp³-hybridized carbons (Fsp3) is 0. The van der Waals surface area contributed by atoms with Crippen molar-refractivity contribution in [1.82, 2.24) is 14.6 Å². The Morgan fingerprint density at radius 2 is 1.62 bits per heavy atom. The highest BCUT2D eigenvalue weighted by molar-refractivity contribution is 6.03. The highest BCUT2D eigenvalue weighted by atomic mass is 16.1. The van der Waals surface area contributed by atoms with Crippen molar-refractivity contribution in [1.29, 1.82) is 0 Å². The number of benzene rings is 2. The molecule has 2 heterocycles. The minimum Gasteiger partial charge on any atom is -0.321 e. The molecule has 0 atom stereocenters. The number of carbonyl (C=O) groups is 1. The first-order valence-electron chi connectivity index (χ1n) is 8.07. The van der Waals surface area contributed by atoms with Crippen molar-refractivity contribution >= 4 is 17.2 Å². The number of fused-ring (bicyclic) bond motifs is 1. The molecule has 0 saturated heterocycles. The number of para-hydroxylation sites is 1. The van der Waals surface area contributed by atoms with Crippen LogP contribution in [0.25, 0.3) is 5.65 Å². The van der Waals surface area contributed by atoms with E-state index in [0.29, 0.717) is 11.3 Å². The molecule has 0 saturated carbocycles. The minimum atomic E-state index is -0.279. The zero-order chi connectivity index (χ0) is 17.8. The second-order valence-corrected chi connectivity index (χ2v) is 5.61. The number of aromatic nitrogens is 3. The van der Waals surface area contributed by atoms with Gasteiger partial charge in [0.1, 0.15) is 0 Å². The summed E-state index contributed by atoms with van der Waals surface area (Å²) >= 11 is 0. The first kappa shape index (κ1) is 15.6. The van der Waals surface area contributed by atoms with E-state index >= 15 is 0 Å². The molecule has 4 rings (SSSR count). The molecule has 0 aliphatic rings. The highest BCUT2D eigenvalue weighted by Gasteiger charge is 2.11. The molecular weight excluding hydrogens is 324 g/mol. The van der Waals surface area contributed by atoms with E-state index in [1.54, 1.807) is 23.0 Å². The lowest BCUT2D eigenvalue weighted by Gasteiger charge is -2.01. The Labute approximate surface area is 150 Å². The second kappa shape index (κ2) is 6.91. The number of nitrogens with zero attached hydrogens (tertiary/aromatic N) is 3. The fourth-order valence-electron chi connectivity index (χ4n) is 2.43. The maximum Gasteiger partial charge on any atom is 0.276 e. The van der Waals surface area contributed by atoms with Crippen molar-refractivity contribution in [2.24, 2.45) is 0 Å². The Bertz CT molecular complexity index is 1120. The smallest absolute Gasteiger partial charge is 0.276 e.